The zero-order chi connectivity index (χ0) is 11.0. The van der Waals surface area contributed by atoms with Crippen LogP contribution in [-0.2, 0) is 0 Å². The fourth-order valence-corrected chi connectivity index (χ4v) is 1.49. The lowest BCUT2D eigenvalue weighted by Gasteiger charge is -2.11. The van der Waals surface area contributed by atoms with Gasteiger partial charge in [-0.1, -0.05) is 0 Å². The molecule has 1 saturated heterocycles. The van der Waals surface area contributed by atoms with Crippen molar-refractivity contribution in [2.75, 3.05) is 6.54 Å². The molecule has 1 aromatic carbocycles. The number of carbonyl (C=O) groups excluding carboxylic acids is 1. The van der Waals surface area contributed by atoms with Gasteiger partial charge in [-0.3, -0.25) is 0 Å². The number of hydrogen-bond donors (Lipinski definition) is 2. The summed E-state index contributed by atoms with van der Waals surface area (Å²) in [5.74, 6) is -3.26. The smallest absolute Gasteiger partial charge is 0.315 e. The molecule has 1 aromatic rings. The summed E-state index contributed by atoms with van der Waals surface area (Å²) in [4.78, 5) is 10.8. The van der Waals surface area contributed by atoms with Gasteiger partial charge in [-0.25, -0.2) is 18.0 Å². The van der Waals surface area contributed by atoms with E-state index in [9.17, 15) is 18.0 Å². The molecule has 1 aliphatic rings. The molecule has 2 amide bonds. The Morgan fingerprint density at radius 3 is 2.47 bits per heavy atom. The third-order valence-electron chi connectivity index (χ3n) is 2.20. The van der Waals surface area contributed by atoms with E-state index in [0.717, 1.165) is 6.07 Å². The summed E-state index contributed by atoms with van der Waals surface area (Å²) in [5.41, 5.74) is -0.451. The van der Waals surface area contributed by atoms with Gasteiger partial charge < -0.3 is 10.6 Å². The number of hydrogen-bond acceptors (Lipinski definition) is 1. The van der Waals surface area contributed by atoms with Gasteiger partial charge in [0.2, 0.25) is 0 Å². The fraction of sp³-hybridized carbons (Fsp3) is 0.222. The summed E-state index contributed by atoms with van der Waals surface area (Å²) in [6, 6.07) is 0.146. The topological polar surface area (TPSA) is 41.1 Å². The van der Waals surface area contributed by atoms with E-state index in [0.29, 0.717) is 6.07 Å². The van der Waals surface area contributed by atoms with E-state index in [2.05, 4.69) is 10.6 Å². The van der Waals surface area contributed by atoms with Crippen molar-refractivity contribution in [1.29, 1.82) is 0 Å². The van der Waals surface area contributed by atoms with Crippen molar-refractivity contribution in [3.05, 3.63) is 35.1 Å². The van der Waals surface area contributed by atoms with E-state index >= 15 is 0 Å². The molecule has 1 aliphatic heterocycles. The minimum atomic E-state index is -1.26. The molecular weight excluding hydrogens is 209 g/mol. The van der Waals surface area contributed by atoms with Crippen LogP contribution in [0.5, 0.6) is 0 Å². The number of urea groups is 1. The quantitative estimate of drug-likeness (QED) is 0.685. The van der Waals surface area contributed by atoms with Crippen LogP contribution in [0.1, 0.15) is 11.6 Å². The summed E-state index contributed by atoms with van der Waals surface area (Å²) in [5, 5.41) is 4.62. The second-order valence-electron chi connectivity index (χ2n) is 3.16. The molecule has 0 saturated carbocycles. The van der Waals surface area contributed by atoms with Gasteiger partial charge in [-0.15, -0.1) is 0 Å². The SMILES string of the molecule is O=C1NC[C@H](c2c(F)ccc(F)c2F)N1. The third-order valence-corrected chi connectivity index (χ3v) is 2.20. The first-order chi connectivity index (χ1) is 7.09. The molecule has 15 heavy (non-hydrogen) atoms. The monoisotopic (exact) mass is 216 g/mol. The third kappa shape index (κ3) is 1.62. The van der Waals surface area contributed by atoms with Crippen LogP contribution in [0.25, 0.3) is 0 Å². The number of carbonyl (C=O) groups is 1. The first-order valence-corrected chi connectivity index (χ1v) is 4.27. The van der Waals surface area contributed by atoms with Crippen LogP contribution in [-0.4, -0.2) is 12.6 Å². The Hall–Kier alpha value is -1.72. The molecule has 80 valence electrons. The maximum atomic E-state index is 13.2. The Bertz CT molecular complexity index is 422. The zero-order valence-corrected chi connectivity index (χ0v) is 7.48. The summed E-state index contributed by atoms with van der Waals surface area (Å²) in [6.07, 6.45) is 0. The predicted octanol–water partition coefficient (Wildman–Crippen LogP) is 1.46. The molecule has 2 N–H and O–H groups in total. The first-order valence-electron chi connectivity index (χ1n) is 4.27. The summed E-state index contributed by atoms with van der Waals surface area (Å²) in [7, 11) is 0. The molecule has 6 heteroatoms. The summed E-state index contributed by atoms with van der Waals surface area (Å²) < 4.78 is 39.3. The van der Waals surface area contributed by atoms with E-state index in [-0.39, 0.29) is 6.54 Å². The molecule has 0 radical (unpaired) electrons. The highest BCUT2D eigenvalue weighted by Gasteiger charge is 2.28. The van der Waals surface area contributed by atoms with E-state index in [1.165, 1.54) is 0 Å². The first kappa shape index (κ1) is 9.82. The van der Waals surface area contributed by atoms with Crippen molar-refractivity contribution < 1.29 is 18.0 Å². The van der Waals surface area contributed by atoms with Gasteiger partial charge in [0.05, 0.1) is 11.6 Å². The van der Waals surface area contributed by atoms with Crippen molar-refractivity contribution in [1.82, 2.24) is 10.6 Å². The van der Waals surface area contributed by atoms with Crippen molar-refractivity contribution >= 4 is 6.03 Å². The van der Waals surface area contributed by atoms with Crippen LogP contribution >= 0.6 is 0 Å². The van der Waals surface area contributed by atoms with Crippen LogP contribution < -0.4 is 10.6 Å². The normalized spacial score (nSPS) is 19.9. The minimum absolute atomic E-state index is 0.0378. The van der Waals surface area contributed by atoms with Crippen LogP contribution in [0, 0.1) is 17.5 Å². The molecule has 0 unspecified atom stereocenters. The van der Waals surface area contributed by atoms with E-state index in [1.807, 2.05) is 0 Å². The fourth-order valence-electron chi connectivity index (χ4n) is 1.49. The summed E-state index contributed by atoms with van der Waals surface area (Å²) >= 11 is 0. The Kier molecular flexibility index (Phi) is 2.26. The predicted molar refractivity (Wildman–Crippen MR) is 45.6 cm³/mol. The van der Waals surface area contributed by atoms with E-state index in [1.54, 1.807) is 0 Å². The molecule has 0 aromatic heterocycles. The molecule has 1 atom stereocenters. The van der Waals surface area contributed by atoms with Crippen LogP contribution in [0.3, 0.4) is 0 Å². The van der Waals surface area contributed by atoms with E-state index in [4.69, 9.17) is 0 Å². The molecule has 0 bridgehead atoms. The summed E-state index contributed by atoms with van der Waals surface area (Å²) in [6.45, 7) is 0.0378. The Morgan fingerprint density at radius 1 is 1.20 bits per heavy atom. The molecule has 3 nitrogen and oxygen atoms in total. The van der Waals surface area contributed by atoms with Gasteiger partial charge in [-0.2, -0.15) is 0 Å². The highest BCUT2D eigenvalue weighted by Crippen LogP contribution is 2.24. The Labute approximate surface area is 83.3 Å². The van der Waals surface area contributed by atoms with Crippen LogP contribution in [0.15, 0.2) is 12.1 Å². The van der Waals surface area contributed by atoms with Crippen molar-refractivity contribution in [3.8, 4) is 0 Å². The van der Waals surface area contributed by atoms with E-state index < -0.39 is 35.1 Å². The number of halogens is 3. The minimum Gasteiger partial charge on any atom is -0.336 e. The molecule has 1 heterocycles. The lowest BCUT2D eigenvalue weighted by molar-refractivity contribution is 0.247. The van der Waals surface area contributed by atoms with Gasteiger partial charge in [-0.05, 0) is 12.1 Å². The second-order valence-corrected chi connectivity index (χ2v) is 3.16. The maximum absolute atomic E-state index is 13.2. The molecule has 2 rings (SSSR count). The molecule has 0 spiro atoms. The van der Waals surface area contributed by atoms with Gasteiger partial charge in [0.1, 0.15) is 5.82 Å². The zero-order valence-electron chi connectivity index (χ0n) is 7.48. The van der Waals surface area contributed by atoms with Crippen molar-refractivity contribution in [3.63, 3.8) is 0 Å². The van der Waals surface area contributed by atoms with Gasteiger partial charge >= 0.3 is 6.03 Å². The molecule has 1 fully saturated rings. The number of benzene rings is 1. The Balaban J connectivity index is 2.43. The van der Waals surface area contributed by atoms with Gasteiger partial charge in [0.15, 0.2) is 11.6 Å². The highest BCUT2D eigenvalue weighted by atomic mass is 19.2. The number of rotatable bonds is 1. The largest absolute Gasteiger partial charge is 0.336 e. The average molecular weight is 216 g/mol. The van der Waals surface area contributed by atoms with Gasteiger partial charge in [0.25, 0.3) is 0 Å². The molecule has 0 aliphatic carbocycles. The lowest BCUT2D eigenvalue weighted by atomic mass is 10.1. The van der Waals surface area contributed by atoms with Crippen LogP contribution in [0.2, 0.25) is 0 Å². The maximum Gasteiger partial charge on any atom is 0.315 e. The second kappa shape index (κ2) is 3.45. The lowest BCUT2D eigenvalue weighted by Crippen LogP contribution is -2.23. The Morgan fingerprint density at radius 2 is 1.87 bits per heavy atom. The van der Waals surface area contributed by atoms with Crippen LogP contribution in [0.4, 0.5) is 18.0 Å². The average Bonchev–Trinajstić information content (AvgIpc) is 2.59. The van der Waals surface area contributed by atoms with Gasteiger partial charge in [0, 0.05) is 6.54 Å². The van der Waals surface area contributed by atoms with Crippen molar-refractivity contribution in [2.45, 2.75) is 6.04 Å². The van der Waals surface area contributed by atoms with Crippen molar-refractivity contribution in [2.24, 2.45) is 0 Å². The standard InChI is InChI=1S/C9H7F3N2O/c10-4-1-2-5(11)8(12)7(4)6-3-13-9(15)14-6/h1-2,6H,3H2,(H2,13,14,15)/t6-/m1/s1. The molecular formula is C9H7F3N2O. The highest BCUT2D eigenvalue weighted by molar-refractivity contribution is 5.76. The number of nitrogens with one attached hydrogen (secondary N) is 2. The number of amides is 2.